The molecule has 0 saturated carbocycles. The molecule has 0 radical (unpaired) electrons. The van der Waals surface area contributed by atoms with Crippen LogP contribution in [0.1, 0.15) is 11.1 Å². The summed E-state index contributed by atoms with van der Waals surface area (Å²) in [6.07, 6.45) is 0.235. The predicted molar refractivity (Wildman–Crippen MR) is 70.5 cm³/mol. The average Bonchev–Trinajstić information content (AvgIpc) is 2.40. The molecule has 1 rings (SSSR count). The summed E-state index contributed by atoms with van der Waals surface area (Å²) in [6.45, 7) is 0.783. The standard InChI is InChI=1S/C14H19NO4/c1-15(10-14(17)19-3)9-12-7-5-4-6-11(12)8-13(16)18-2/h4-7H,8-10H2,1-3H3. The van der Waals surface area contributed by atoms with Gasteiger partial charge in [-0.05, 0) is 18.2 Å². The second-order valence-corrected chi connectivity index (χ2v) is 4.27. The maximum absolute atomic E-state index is 11.3. The highest BCUT2D eigenvalue weighted by Gasteiger charge is 2.11. The fraction of sp³-hybridized carbons (Fsp3) is 0.429. The lowest BCUT2D eigenvalue weighted by Gasteiger charge is -2.17. The lowest BCUT2D eigenvalue weighted by atomic mass is 10.0. The van der Waals surface area contributed by atoms with Crippen molar-refractivity contribution < 1.29 is 19.1 Å². The zero-order valence-electron chi connectivity index (χ0n) is 11.5. The number of hydrogen-bond donors (Lipinski definition) is 0. The van der Waals surface area contributed by atoms with Crippen LogP contribution in [-0.4, -0.2) is 44.7 Å². The van der Waals surface area contributed by atoms with E-state index < -0.39 is 0 Å². The largest absolute Gasteiger partial charge is 0.469 e. The summed E-state index contributed by atoms with van der Waals surface area (Å²) in [7, 11) is 4.56. The third-order valence-corrected chi connectivity index (χ3v) is 2.75. The average molecular weight is 265 g/mol. The maximum atomic E-state index is 11.3. The van der Waals surface area contributed by atoms with Crippen LogP contribution in [0, 0.1) is 0 Å². The van der Waals surface area contributed by atoms with Crippen LogP contribution < -0.4 is 0 Å². The Morgan fingerprint density at radius 1 is 1.05 bits per heavy atom. The zero-order valence-corrected chi connectivity index (χ0v) is 11.5. The molecular weight excluding hydrogens is 246 g/mol. The van der Waals surface area contributed by atoms with Gasteiger partial charge in [-0.2, -0.15) is 0 Å². The van der Waals surface area contributed by atoms with E-state index in [0.29, 0.717) is 6.54 Å². The molecule has 0 aromatic heterocycles. The van der Waals surface area contributed by atoms with E-state index in [0.717, 1.165) is 11.1 Å². The van der Waals surface area contributed by atoms with Gasteiger partial charge in [0.05, 0.1) is 27.2 Å². The van der Waals surface area contributed by atoms with E-state index in [1.165, 1.54) is 14.2 Å². The van der Waals surface area contributed by atoms with E-state index in [1.54, 1.807) is 0 Å². The van der Waals surface area contributed by atoms with Gasteiger partial charge in [-0.3, -0.25) is 14.5 Å². The van der Waals surface area contributed by atoms with Crippen LogP contribution in [0.3, 0.4) is 0 Å². The van der Waals surface area contributed by atoms with Gasteiger partial charge in [0.25, 0.3) is 0 Å². The first-order valence-corrected chi connectivity index (χ1v) is 5.95. The second-order valence-electron chi connectivity index (χ2n) is 4.27. The monoisotopic (exact) mass is 265 g/mol. The van der Waals surface area contributed by atoms with Gasteiger partial charge in [0.15, 0.2) is 0 Å². The number of carbonyl (C=O) groups is 2. The van der Waals surface area contributed by atoms with Crippen molar-refractivity contribution in [3.05, 3.63) is 35.4 Å². The van der Waals surface area contributed by atoms with Crippen LogP contribution in [0.15, 0.2) is 24.3 Å². The van der Waals surface area contributed by atoms with Gasteiger partial charge in [0.1, 0.15) is 0 Å². The number of carbonyl (C=O) groups excluding carboxylic acids is 2. The summed E-state index contributed by atoms with van der Waals surface area (Å²) in [6, 6.07) is 7.61. The predicted octanol–water partition coefficient (Wildman–Crippen LogP) is 1.01. The van der Waals surface area contributed by atoms with Crippen LogP contribution in [-0.2, 0) is 32.0 Å². The van der Waals surface area contributed by atoms with E-state index in [4.69, 9.17) is 0 Å². The first-order valence-electron chi connectivity index (χ1n) is 5.95. The Bertz CT molecular complexity index is 445. The molecule has 1 aromatic carbocycles. The van der Waals surface area contributed by atoms with Gasteiger partial charge >= 0.3 is 11.9 Å². The fourth-order valence-electron chi connectivity index (χ4n) is 1.74. The Morgan fingerprint density at radius 2 is 1.63 bits per heavy atom. The molecule has 0 aliphatic heterocycles. The Morgan fingerprint density at radius 3 is 2.21 bits per heavy atom. The summed E-state index contributed by atoms with van der Waals surface area (Å²) < 4.78 is 9.29. The number of nitrogens with zero attached hydrogens (tertiary/aromatic N) is 1. The van der Waals surface area contributed by atoms with Crippen molar-refractivity contribution in [1.82, 2.24) is 4.90 Å². The fourth-order valence-corrected chi connectivity index (χ4v) is 1.74. The molecule has 19 heavy (non-hydrogen) atoms. The van der Waals surface area contributed by atoms with Crippen LogP contribution in [0.5, 0.6) is 0 Å². The van der Waals surface area contributed by atoms with E-state index in [2.05, 4.69) is 9.47 Å². The van der Waals surface area contributed by atoms with Gasteiger partial charge in [-0.15, -0.1) is 0 Å². The smallest absolute Gasteiger partial charge is 0.319 e. The number of methoxy groups -OCH3 is 2. The van der Waals surface area contributed by atoms with Crippen molar-refractivity contribution in [2.75, 3.05) is 27.8 Å². The van der Waals surface area contributed by atoms with Gasteiger partial charge in [-0.25, -0.2) is 0 Å². The second kappa shape index (κ2) is 7.53. The van der Waals surface area contributed by atoms with Crippen LogP contribution >= 0.6 is 0 Å². The third kappa shape index (κ3) is 5.09. The van der Waals surface area contributed by atoms with Gasteiger partial charge in [0.2, 0.25) is 0 Å². The zero-order chi connectivity index (χ0) is 14.3. The summed E-state index contributed by atoms with van der Waals surface area (Å²) in [4.78, 5) is 24.4. The summed E-state index contributed by atoms with van der Waals surface area (Å²) in [5.41, 5.74) is 1.91. The molecule has 0 heterocycles. The van der Waals surface area contributed by atoms with Crippen molar-refractivity contribution in [1.29, 1.82) is 0 Å². The molecule has 5 heteroatoms. The topological polar surface area (TPSA) is 55.8 Å². The first-order chi connectivity index (χ1) is 9.06. The molecule has 0 bridgehead atoms. The molecule has 0 amide bonds. The summed E-state index contributed by atoms with van der Waals surface area (Å²) >= 11 is 0. The first kappa shape index (κ1) is 15.2. The Kier molecular flexibility index (Phi) is 6.02. The Hall–Kier alpha value is -1.88. The highest BCUT2D eigenvalue weighted by molar-refractivity contribution is 5.73. The van der Waals surface area contributed by atoms with Crippen LogP contribution in [0.4, 0.5) is 0 Å². The Labute approximate surface area is 113 Å². The molecule has 5 nitrogen and oxygen atoms in total. The van der Waals surface area contributed by atoms with Crippen molar-refractivity contribution in [2.45, 2.75) is 13.0 Å². The minimum Gasteiger partial charge on any atom is -0.469 e. The quantitative estimate of drug-likeness (QED) is 0.718. The molecule has 0 unspecified atom stereocenters. The lowest BCUT2D eigenvalue weighted by Crippen LogP contribution is -2.26. The van der Waals surface area contributed by atoms with Crippen molar-refractivity contribution in [3.63, 3.8) is 0 Å². The van der Waals surface area contributed by atoms with Crippen molar-refractivity contribution in [3.8, 4) is 0 Å². The van der Waals surface area contributed by atoms with Crippen molar-refractivity contribution in [2.24, 2.45) is 0 Å². The molecule has 1 aromatic rings. The maximum Gasteiger partial charge on any atom is 0.319 e. The van der Waals surface area contributed by atoms with E-state index in [9.17, 15) is 9.59 Å². The van der Waals surface area contributed by atoms with E-state index >= 15 is 0 Å². The van der Waals surface area contributed by atoms with Gasteiger partial charge in [0, 0.05) is 6.54 Å². The molecule has 104 valence electrons. The normalized spacial score (nSPS) is 10.3. The van der Waals surface area contributed by atoms with E-state index in [1.807, 2.05) is 36.2 Å². The Balaban J connectivity index is 2.71. The molecule has 0 spiro atoms. The summed E-state index contributed by atoms with van der Waals surface area (Å²) in [5.74, 6) is -0.559. The number of ether oxygens (including phenoxy) is 2. The van der Waals surface area contributed by atoms with Crippen LogP contribution in [0.25, 0.3) is 0 Å². The van der Waals surface area contributed by atoms with Crippen LogP contribution in [0.2, 0.25) is 0 Å². The SMILES string of the molecule is COC(=O)Cc1ccccc1CN(C)CC(=O)OC. The molecule has 0 N–H and O–H groups in total. The number of esters is 2. The van der Waals surface area contributed by atoms with E-state index in [-0.39, 0.29) is 24.9 Å². The summed E-state index contributed by atoms with van der Waals surface area (Å²) in [5, 5.41) is 0. The molecule has 0 aliphatic carbocycles. The highest BCUT2D eigenvalue weighted by atomic mass is 16.5. The molecular formula is C14H19NO4. The van der Waals surface area contributed by atoms with Gasteiger partial charge < -0.3 is 9.47 Å². The highest BCUT2D eigenvalue weighted by Crippen LogP contribution is 2.12. The lowest BCUT2D eigenvalue weighted by molar-refractivity contribution is -0.142. The molecule has 0 aliphatic rings. The number of hydrogen-bond acceptors (Lipinski definition) is 5. The minimum atomic E-state index is -0.284. The number of benzene rings is 1. The molecule has 0 fully saturated rings. The van der Waals surface area contributed by atoms with Crippen molar-refractivity contribution >= 4 is 11.9 Å². The molecule has 0 saturated heterocycles. The molecule has 0 atom stereocenters. The minimum absolute atomic E-state index is 0.211. The number of rotatable bonds is 6. The third-order valence-electron chi connectivity index (χ3n) is 2.75. The number of likely N-dealkylation sites (N-methyl/N-ethyl adjacent to an activating group) is 1. The van der Waals surface area contributed by atoms with Gasteiger partial charge in [-0.1, -0.05) is 24.3 Å².